The van der Waals surface area contributed by atoms with Crippen molar-refractivity contribution in [2.45, 2.75) is 46.6 Å². The number of aromatic nitrogens is 2. The summed E-state index contributed by atoms with van der Waals surface area (Å²) in [6.45, 7) is 8.60. The van der Waals surface area contributed by atoms with Crippen LogP contribution in [0, 0.1) is 5.92 Å². The van der Waals surface area contributed by atoms with Crippen LogP contribution in [0.1, 0.15) is 39.9 Å². The molecule has 0 aliphatic rings. The van der Waals surface area contributed by atoms with E-state index in [2.05, 4.69) is 41.5 Å². The maximum absolute atomic E-state index is 5.39. The van der Waals surface area contributed by atoms with Crippen LogP contribution in [0.15, 0.2) is 6.07 Å². The van der Waals surface area contributed by atoms with Gasteiger partial charge in [0.25, 0.3) is 0 Å². The lowest BCUT2D eigenvalue weighted by Gasteiger charge is -2.20. The molecule has 5 heteroatoms. The molecule has 96 valence electrons. The van der Waals surface area contributed by atoms with E-state index in [1.165, 1.54) is 0 Å². The minimum absolute atomic E-state index is 0.380. The summed E-state index contributed by atoms with van der Waals surface area (Å²) in [5.74, 6) is 8.26. The molecule has 5 nitrogen and oxygen atoms in total. The zero-order valence-electron chi connectivity index (χ0n) is 11.1. The summed E-state index contributed by atoms with van der Waals surface area (Å²) < 4.78 is 0. The van der Waals surface area contributed by atoms with Gasteiger partial charge in [0.15, 0.2) is 0 Å². The van der Waals surface area contributed by atoms with Crippen LogP contribution >= 0.6 is 0 Å². The molecule has 1 rings (SSSR count). The van der Waals surface area contributed by atoms with Crippen LogP contribution in [0.4, 0.5) is 11.6 Å². The highest BCUT2D eigenvalue weighted by Crippen LogP contribution is 2.16. The first-order valence-corrected chi connectivity index (χ1v) is 6.21. The summed E-state index contributed by atoms with van der Waals surface area (Å²) in [4.78, 5) is 8.69. The van der Waals surface area contributed by atoms with Crippen molar-refractivity contribution >= 4 is 11.6 Å². The van der Waals surface area contributed by atoms with Crippen LogP contribution in [0.3, 0.4) is 0 Å². The summed E-state index contributed by atoms with van der Waals surface area (Å²) in [7, 11) is 0. The minimum atomic E-state index is 0.380. The standard InChI is InChI=1S/C12H23N5/c1-5-8(3)9(4)14-11-7-12(17-13)16-10(6-2)15-11/h7-9H,5-6,13H2,1-4H3,(H2,14,15,16,17). The Balaban J connectivity index is 2.82. The van der Waals surface area contributed by atoms with Gasteiger partial charge in [0.05, 0.1) is 0 Å². The van der Waals surface area contributed by atoms with Gasteiger partial charge in [0, 0.05) is 18.5 Å². The number of rotatable bonds is 6. The number of hydrazine groups is 1. The molecule has 0 radical (unpaired) electrons. The van der Waals surface area contributed by atoms with Crippen LogP contribution in [0.2, 0.25) is 0 Å². The Morgan fingerprint density at radius 3 is 2.41 bits per heavy atom. The van der Waals surface area contributed by atoms with Crippen LogP contribution in [0.25, 0.3) is 0 Å². The summed E-state index contributed by atoms with van der Waals surface area (Å²) in [5, 5.41) is 3.40. The number of nitrogens with zero attached hydrogens (tertiary/aromatic N) is 2. The molecule has 2 atom stereocenters. The minimum Gasteiger partial charge on any atom is -0.367 e. The molecule has 1 aromatic rings. The third-order valence-electron chi connectivity index (χ3n) is 3.11. The van der Waals surface area contributed by atoms with E-state index in [-0.39, 0.29) is 0 Å². The van der Waals surface area contributed by atoms with E-state index in [1.54, 1.807) is 0 Å². The number of nitrogens with one attached hydrogen (secondary N) is 2. The van der Waals surface area contributed by atoms with E-state index in [0.29, 0.717) is 17.8 Å². The fourth-order valence-electron chi connectivity index (χ4n) is 1.53. The van der Waals surface area contributed by atoms with Gasteiger partial charge >= 0.3 is 0 Å². The lowest BCUT2D eigenvalue weighted by molar-refractivity contribution is 0.493. The number of aryl methyl sites for hydroxylation is 1. The molecule has 1 aromatic heterocycles. The van der Waals surface area contributed by atoms with Crippen molar-refractivity contribution in [2.24, 2.45) is 11.8 Å². The van der Waals surface area contributed by atoms with Crippen molar-refractivity contribution in [3.8, 4) is 0 Å². The Kier molecular flexibility index (Phi) is 5.15. The molecular formula is C12H23N5. The van der Waals surface area contributed by atoms with Gasteiger partial charge in [-0.3, -0.25) is 0 Å². The molecule has 0 fully saturated rings. The van der Waals surface area contributed by atoms with E-state index in [9.17, 15) is 0 Å². The van der Waals surface area contributed by atoms with Crippen molar-refractivity contribution in [1.82, 2.24) is 9.97 Å². The topological polar surface area (TPSA) is 75.9 Å². The van der Waals surface area contributed by atoms with E-state index in [0.717, 1.165) is 24.5 Å². The molecule has 2 unspecified atom stereocenters. The molecule has 4 N–H and O–H groups in total. The average Bonchev–Trinajstić information content (AvgIpc) is 2.36. The molecule has 0 aromatic carbocycles. The normalized spacial score (nSPS) is 14.2. The van der Waals surface area contributed by atoms with Gasteiger partial charge in [0.1, 0.15) is 17.5 Å². The molecule has 0 bridgehead atoms. The number of nitrogen functional groups attached to an aromatic ring is 1. The highest BCUT2D eigenvalue weighted by atomic mass is 15.3. The quantitative estimate of drug-likeness (QED) is 0.522. The summed E-state index contributed by atoms with van der Waals surface area (Å²) >= 11 is 0. The first-order chi connectivity index (χ1) is 8.10. The predicted octanol–water partition coefficient (Wildman–Crippen LogP) is 2.17. The van der Waals surface area contributed by atoms with E-state index >= 15 is 0 Å². The van der Waals surface area contributed by atoms with E-state index in [4.69, 9.17) is 5.84 Å². The number of hydrogen-bond acceptors (Lipinski definition) is 5. The SMILES string of the molecule is CCc1nc(NN)cc(NC(C)C(C)CC)n1. The van der Waals surface area contributed by atoms with Gasteiger partial charge in [-0.2, -0.15) is 0 Å². The third-order valence-corrected chi connectivity index (χ3v) is 3.11. The first kappa shape index (κ1) is 13.7. The second kappa shape index (κ2) is 6.39. The Hall–Kier alpha value is -1.36. The van der Waals surface area contributed by atoms with Gasteiger partial charge < -0.3 is 10.7 Å². The second-order valence-corrected chi connectivity index (χ2v) is 4.37. The van der Waals surface area contributed by atoms with Gasteiger partial charge in [-0.25, -0.2) is 15.8 Å². The molecule has 0 saturated heterocycles. The molecule has 0 amide bonds. The number of hydrogen-bond donors (Lipinski definition) is 3. The summed E-state index contributed by atoms with van der Waals surface area (Å²) in [5.41, 5.74) is 2.57. The van der Waals surface area contributed by atoms with E-state index in [1.807, 2.05) is 13.0 Å². The van der Waals surface area contributed by atoms with Crippen LogP contribution in [0.5, 0.6) is 0 Å². The molecular weight excluding hydrogens is 214 g/mol. The maximum atomic E-state index is 5.39. The lowest BCUT2D eigenvalue weighted by Crippen LogP contribution is -2.24. The van der Waals surface area contributed by atoms with Crippen LogP contribution < -0.4 is 16.6 Å². The first-order valence-electron chi connectivity index (χ1n) is 6.21. The van der Waals surface area contributed by atoms with Crippen LogP contribution in [-0.4, -0.2) is 16.0 Å². The maximum Gasteiger partial charge on any atom is 0.145 e. The fraction of sp³-hybridized carbons (Fsp3) is 0.667. The largest absolute Gasteiger partial charge is 0.367 e. The van der Waals surface area contributed by atoms with Gasteiger partial charge in [0.2, 0.25) is 0 Å². The highest BCUT2D eigenvalue weighted by Gasteiger charge is 2.11. The number of anilines is 2. The fourth-order valence-corrected chi connectivity index (χ4v) is 1.53. The molecule has 0 aliphatic carbocycles. The van der Waals surface area contributed by atoms with Crippen molar-refractivity contribution in [3.05, 3.63) is 11.9 Å². The van der Waals surface area contributed by atoms with Crippen molar-refractivity contribution in [2.75, 3.05) is 10.7 Å². The Morgan fingerprint density at radius 2 is 1.88 bits per heavy atom. The summed E-state index contributed by atoms with van der Waals surface area (Å²) in [6, 6.07) is 2.21. The zero-order valence-corrected chi connectivity index (χ0v) is 11.1. The smallest absolute Gasteiger partial charge is 0.145 e. The van der Waals surface area contributed by atoms with E-state index < -0.39 is 0 Å². The Labute approximate surface area is 103 Å². The molecule has 17 heavy (non-hydrogen) atoms. The monoisotopic (exact) mass is 237 g/mol. The number of nitrogens with two attached hydrogens (primary N) is 1. The third kappa shape index (κ3) is 3.85. The highest BCUT2D eigenvalue weighted by molar-refractivity contribution is 5.47. The second-order valence-electron chi connectivity index (χ2n) is 4.37. The van der Waals surface area contributed by atoms with Gasteiger partial charge in [-0.1, -0.05) is 27.2 Å². The van der Waals surface area contributed by atoms with Crippen molar-refractivity contribution in [3.63, 3.8) is 0 Å². The summed E-state index contributed by atoms with van der Waals surface area (Å²) in [6.07, 6.45) is 1.93. The molecule has 0 aliphatic heterocycles. The van der Waals surface area contributed by atoms with Crippen LogP contribution in [-0.2, 0) is 6.42 Å². The predicted molar refractivity (Wildman–Crippen MR) is 71.8 cm³/mol. The average molecular weight is 237 g/mol. The zero-order chi connectivity index (χ0) is 12.8. The van der Waals surface area contributed by atoms with Gasteiger partial charge in [-0.05, 0) is 12.8 Å². The molecule has 0 spiro atoms. The van der Waals surface area contributed by atoms with Crippen molar-refractivity contribution < 1.29 is 0 Å². The lowest BCUT2D eigenvalue weighted by atomic mass is 10.0. The molecule has 1 heterocycles. The van der Waals surface area contributed by atoms with Crippen molar-refractivity contribution in [1.29, 1.82) is 0 Å². The Morgan fingerprint density at radius 1 is 1.24 bits per heavy atom. The molecule has 0 saturated carbocycles. The Bertz CT molecular complexity index is 330. The van der Waals surface area contributed by atoms with Gasteiger partial charge in [-0.15, -0.1) is 0 Å².